The first-order valence-corrected chi connectivity index (χ1v) is 7.68. The fraction of sp³-hybridized carbons (Fsp3) is 0.250. The molecule has 0 fully saturated rings. The molecule has 2 aromatic carbocycles. The minimum Gasteiger partial charge on any atom is -0.316 e. The summed E-state index contributed by atoms with van der Waals surface area (Å²) in [6.45, 7) is 0. The van der Waals surface area contributed by atoms with E-state index in [0.29, 0.717) is 21.5 Å². The molecule has 5 heteroatoms. The molecular formula is C16H15Cl3FN. The van der Waals surface area contributed by atoms with Crippen LogP contribution in [0.2, 0.25) is 15.1 Å². The number of likely N-dealkylation sites (N-methyl/N-ethyl adjacent to an activating group) is 1. The molecule has 0 saturated heterocycles. The third-order valence-corrected chi connectivity index (χ3v) is 4.45. The topological polar surface area (TPSA) is 12.0 Å². The highest BCUT2D eigenvalue weighted by Gasteiger charge is 2.12. The van der Waals surface area contributed by atoms with Gasteiger partial charge in [0, 0.05) is 11.1 Å². The summed E-state index contributed by atoms with van der Waals surface area (Å²) < 4.78 is 13.1. The van der Waals surface area contributed by atoms with E-state index in [1.54, 1.807) is 12.1 Å². The van der Waals surface area contributed by atoms with Crippen LogP contribution in [-0.4, -0.2) is 13.1 Å². The van der Waals surface area contributed by atoms with E-state index in [2.05, 4.69) is 5.32 Å². The van der Waals surface area contributed by atoms with Crippen molar-refractivity contribution in [3.05, 3.63) is 68.4 Å². The largest absolute Gasteiger partial charge is 0.316 e. The molecule has 0 radical (unpaired) electrons. The van der Waals surface area contributed by atoms with Gasteiger partial charge in [0.2, 0.25) is 0 Å². The third kappa shape index (κ3) is 4.58. The number of rotatable bonds is 5. The van der Waals surface area contributed by atoms with Gasteiger partial charge < -0.3 is 5.32 Å². The van der Waals surface area contributed by atoms with E-state index in [1.807, 2.05) is 19.2 Å². The van der Waals surface area contributed by atoms with Crippen molar-refractivity contribution in [2.45, 2.75) is 18.9 Å². The summed E-state index contributed by atoms with van der Waals surface area (Å²) in [5.41, 5.74) is 2.00. The monoisotopic (exact) mass is 345 g/mol. The van der Waals surface area contributed by atoms with Gasteiger partial charge in [-0.15, -0.1) is 0 Å². The Labute approximate surface area is 139 Å². The predicted octanol–water partition coefficient (Wildman–Crippen LogP) is 5.16. The maximum Gasteiger partial charge on any atom is 0.124 e. The summed E-state index contributed by atoms with van der Waals surface area (Å²) in [5.74, 6) is -0.325. The number of benzene rings is 2. The number of nitrogens with one attached hydrogen (secondary N) is 1. The first-order valence-electron chi connectivity index (χ1n) is 6.54. The Morgan fingerprint density at radius 2 is 1.71 bits per heavy atom. The van der Waals surface area contributed by atoms with Gasteiger partial charge in [-0.3, -0.25) is 0 Å². The van der Waals surface area contributed by atoms with Gasteiger partial charge in [0.05, 0.1) is 10.0 Å². The van der Waals surface area contributed by atoms with E-state index in [9.17, 15) is 4.39 Å². The quantitative estimate of drug-likeness (QED) is 0.788. The molecule has 1 N–H and O–H groups in total. The SMILES string of the molecule is CNC(Cc1ccc(Cl)c(Cl)c1)Cc1ccc(F)cc1Cl. The van der Waals surface area contributed by atoms with Gasteiger partial charge >= 0.3 is 0 Å². The summed E-state index contributed by atoms with van der Waals surface area (Å²) in [5, 5.41) is 4.78. The Morgan fingerprint density at radius 1 is 0.952 bits per heavy atom. The molecule has 0 aliphatic carbocycles. The molecular weight excluding hydrogens is 332 g/mol. The van der Waals surface area contributed by atoms with Crippen molar-refractivity contribution in [1.29, 1.82) is 0 Å². The van der Waals surface area contributed by atoms with Crippen molar-refractivity contribution < 1.29 is 4.39 Å². The molecule has 0 bridgehead atoms. The molecule has 0 saturated carbocycles. The highest BCUT2D eigenvalue weighted by atomic mass is 35.5. The van der Waals surface area contributed by atoms with Crippen LogP contribution in [0.1, 0.15) is 11.1 Å². The maximum atomic E-state index is 13.1. The number of hydrogen-bond donors (Lipinski definition) is 1. The van der Waals surface area contributed by atoms with Crippen molar-refractivity contribution in [2.24, 2.45) is 0 Å². The lowest BCUT2D eigenvalue weighted by Crippen LogP contribution is -2.30. The molecule has 1 nitrogen and oxygen atoms in total. The van der Waals surface area contributed by atoms with Gasteiger partial charge in [-0.2, -0.15) is 0 Å². The van der Waals surface area contributed by atoms with Gasteiger partial charge in [-0.1, -0.05) is 46.9 Å². The summed E-state index contributed by atoms with van der Waals surface area (Å²) in [6.07, 6.45) is 1.48. The fourth-order valence-electron chi connectivity index (χ4n) is 2.18. The molecule has 1 atom stereocenters. The van der Waals surface area contributed by atoms with Crippen LogP contribution < -0.4 is 5.32 Å². The van der Waals surface area contributed by atoms with Crippen LogP contribution in [0.25, 0.3) is 0 Å². The van der Waals surface area contributed by atoms with Gasteiger partial charge in [-0.25, -0.2) is 4.39 Å². The predicted molar refractivity (Wildman–Crippen MR) is 88.1 cm³/mol. The summed E-state index contributed by atoms with van der Waals surface area (Å²) in [4.78, 5) is 0. The van der Waals surface area contributed by atoms with Crippen LogP contribution >= 0.6 is 34.8 Å². The van der Waals surface area contributed by atoms with Crippen LogP contribution in [0.4, 0.5) is 4.39 Å². The van der Waals surface area contributed by atoms with Crippen molar-refractivity contribution >= 4 is 34.8 Å². The lowest BCUT2D eigenvalue weighted by atomic mass is 9.99. The first kappa shape index (κ1) is 16.6. The molecule has 1 unspecified atom stereocenters. The maximum absolute atomic E-state index is 13.1. The highest BCUT2D eigenvalue weighted by Crippen LogP contribution is 2.24. The molecule has 0 spiro atoms. The van der Waals surface area contributed by atoms with E-state index in [0.717, 1.165) is 17.5 Å². The molecule has 112 valence electrons. The zero-order chi connectivity index (χ0) is 15.4. The Bertz CT molecular complexity index is 631. The van der Waals surface area contributed by atoms with Crippen LogP contribution in [0.5, 0.6) is 0 Å². The Kier molecular flexibility index (Phi) is 5.88. The molecule has 0 heterocycles. The van der Waals surface area contributed by atoms with Crippen LogP contribution in [0.15, 0.2) is 36.4 Å². The van der Waals surface area contributed by atoms with Gasteiger partial charge in [0.15, 0.2) is 0 Å². The highest BCUT2D eigenvalue weighted by molar-refractivity contribution is 6.42. The van der Waals surface area contributed by atoms with Crippen molar-refractivity contribution in [1.82, 2.24) is 5.32 Å². The first-order chi connectivity index (χ1) is 9.99. The second-order valence-corrected chi connectivity index (χ2v) is 6.10. The number of halogens is 4. The molecule has 21 heavy (non-hydrogen) atoms. The van der Waals surface area contributed by atoms with Crippen LogP contribution in [0.3, 0.4) is 0 Å². The van der Waals surface area contributed by atoms with E-state index in [4.69, 9.17) is 34.8 Å². The average molecular weight is 347 g/mol. The standard InChI is InChI=1S/C16H15Cl3FN/c1-21-13(6-10-2-5-14(17)16(19)7-10)8-11-3-4-12(20)9-15(11)18/h2-5,7,9,13,21H,6,8H2,1H3. The van der Waals surface area contributed by atoms with Crippen LogP contribution in [0, 0.1) is 5.82 Å². The van der Waals surface area contributed by atoms with Crippen LogP contribution in [-0.2, 0) is 12.8 Å². The zero-order valence-electron chi connectivity index (χ0n) is 11.5. The Balaban J connectivity index is 2.10. The normalized spacial score (nSPS) is 12.4. The smallest absolute Gasteiger partial charge is 0.124 e. The Morgan fingerprint density at radius 3 is 2.33 bits per heavy atom. The minimum absolute atomic E-state index is 0.171. The van der Waals surface area contributed by atoms with Crippen molar-refractivity contribution in [3.63, 3.8) is 0 Å². The minimum atomic E-state index is -0.325. The molecule has 0 aliphatic heterocycles. The lowest BCUT2D eigenvalue weighted by Gasteiger charge is -2.17. The third-order valence-electron chi connectivity index (χ3n) is 3.36. The summed E-state index contributed by atoms with van der Waals surface area (Å²) >= 11 is 18.0. The van der Waals surface area contributed by atoms with Crippen molar-refractivity contribution in [2.75, 3.05) is 7.05 Å². The molecule has 2 aromatic rings. The molecule has 0 aromatic heterocycles. The lowest BCUT2D eigenvalue weighted by molar-refractivity contribution is 0.555. The summed E-state index contributed by atoms with van der Waals surface area (Å²) in [7, 11) is 1.89. The Hall–Kier alpha value is -0.800. The number of hydrogen-bond acceptors (Lipinski definition) is 1. The fourth-order valence-corrected chi connectivity index (χ4v) is 2.75. The van der Waals surface area contributed by atoms with E-state index in [1.165, 1.54) is 12.1 Å². The second-order valence-electron chi connectivity index (χ2n) is 4.88. The molecule has 2 rings (SSSR count). The average Bonchev–Trinajstić information content (AvgIpc) is 2.44. The van der Waals surface area contributed by atoms with E-state index < -0.39 is 0 Å². The van der Waals surface area contributed by atoms with E-state index in [-0.39, 0.29) is 11.9 Å². The van der Waals surface area contributed by atoms with Gasteiger partial charge in [0.25, 0.3) is 0 Å². The zero-order valence-corrected chi connectivity index (χ0v) is 13.7. The molecule has 0 amide bonds. The van der Waals surface area contributed by atoms with Crippen molar-refractivity contribution in [3.8, 4) is 0 Å². The van der Waals surface area contributed by atoms with E-state index >= 15 is 0 Å². The van der Waals surface area contributed by atoms with Gasteiger partial charge in [0.1, 0.15) is 5.82 Å². The second kappa shape index (κ2) is 7.46. The molecule has 0 aliphatic rings. The summed E-state index contributed by atoms with van der Waals surface area (Å²) in [6, 6.07) is 10.2. The van der Waals surface area contributed by atoms with Gasteiger partial charge in [-0.05, 0) is 55.3 Å².